The summed E-state index contributed by atoms with van der Waals surface area (Å²) in [6.07, 6.45) is 1.88. The molecule has 3 aromatic heterocycles. The van der Waals surface area contributed by atoms with Crippen LogP contribution in [0.2, 0.25) is 0 Å². The molecule has 4 aromatic rings. The van der Waals surface area contributed by atoms with E-state index >= 15 is 0 Å². The topological polar surface area (TPSA) is 30.7 Å². The molecule has 0 spiro atoms. The number of fused-ring (bicyclic) bond motifs is 1. The molecule has 0 unspecified atom stereocenters. The molecule has 0 saturated carbocycles. The predicted molar refractivity (Wildman–Crippen MR) is 106 cm³/mol. The first kappa shape index (κ1) is 16.0. The molecule has 0 aliphatic carbocycles. The summed E-state index contributed by atoms with van der Waals surface area (Å²) < 4.78 is 2.10. The predicted octanol–water partition coefficient (Wildman–Crippen LogP) is 5.75. The first-order valence-corrected chi connectivity index (χ1v) is 9.36. The van der Waals surface area contributed by atoms with Crippen molar-refractivity contribution in [3.05, 3.63) is 64.6 Å². The lowest BCUT2D eigenvalue weighted by Gasteiger charge is -2.22. The van der Waals surface area contributed by atoms with Gasteiger partial charge in [0.15, 0.2) is 5.65 Å². The van der Waals surface area contributed by atoms with Gasteiger partial charge in [-0.15, -0.1) is 11.3 Å². The number of thiophene rings is 1. The van der Waals surface area contributed by atoms with Crippen LogP contribution in [0, 0.1) is 6.92 Å². The van der Waals surface area contributed by atoms with Gasteiger partial charge in [0.2, 0.25) is 0 Å². The monoisotopic (exact) mass is 347 g/mol. The van der Waals surface area contributed by atoms with Crippen LogP contribution >= 0.6 is 11.3 Å². The second-order valence-electron chi connectivity index (χ2n) is 7.40. The molecule has 1 aromatic carbocycles. The summed E-state index contributed by atoms with van der Waals surface area (Å²) in [5, 5.41) is 4.31. The molecule has 0 amide bonds. The Morgan fingerprint density at radius 3 is 2.44 bits per heavy atom. The molecule has 3 nitrogen and oxygen atoms in total. The average molecular weight is 347 g/mol. The first-order chi connectivity index (χ1) is 11.9. The fraction of sp³-hybridized carbons (Fsp3) is 0.238. The molecule has 126 valence electrons. The summed E-state index contributed by atoms with van der Waals surface area (Å²) in [5.74, 6) is 0. The van der Waals surface area contributed by atoms with E-state index in [0.29, 0.717) is 0 Å². The molecule has 4 heteroatoms. The summed E-state index contributed by atoms with van der Waals surface area (Å²) in [7, 11) is 0. The number of hydrogen-bond acceptors (Lipinski definition) is 3. The summed E-state index contributed by atoms with van der Waals surface area (Å²) >= 11 is 1.70. The van der Waals surface area contributed by atoms with Gasteiger partial charge in [0.1, 0.15) is 11.8 Å². The van der Waals surface area contributed by atoms with Crippen molar-refractivity contribution in [2.24, 2.45) is 0 Å². The molecule has 0 saturated heterocycles. The van der Waals surface area contributed by atoms with Gasteiger partial charge >= 0.3 is 0 Å². The lowest BCUT2D eigenvalue weighted by atomic mass is 9.84. The fourth-order valence-electron chi connectivity index (χ4n) is 3.10. The van der Waals surface area contributed by atoms with Gasteiger partial charge in [-0.3, -0.25) is 4.57 Å². The third-order valence-corrected chi connectivity index (χ3v) is 5.32. The van der Waals surface area contributed by atoms with E-state index in [9.17, 15) is 0 Å². The van der Waals surface area contributed by atoms with Gasteiger partial charge in [-0.05, 0) is 34.9 Å². The Hall–Kier alpha value is -2.46. The van der Waals surface area contributed by atoms with Crippen LogP contribution < -0.4 is 0 Å². The second kappa shape index (κ2) is 5.81. The van der Waals surface area contributed by atoms with E-state index in [4.69, 9.17) is 4.98 Å². The molecule has 3 heterocycles. The quantitative estimate of drug-likeness (QED) is 0.462. The Morgan fingerprint density at radius 2 is 1.80 bits per heavy atom. The minimum Gasteiger partial charge on any atom is -0.282 e. The van der Waals surface area contributed by atoms with E-state index in [0.717, 1.165) is 28.1 Å². The lowest BCUT2D eigenvalue weighted by molar-refractivity contribution is 0.590. The van der Waals surface area contributed by atoms with Crippen LogP contribution in [0.1, 0.15) is 31.9 Å². The smallest absolute Gasteiger partial charge is 0.165 e. The zero-order valence-corrected chi connectivity index (χ0v) is 15.8. The molecular formula is C21H21N3S. The minimum absolute atomic E-state index is 0.00551. The van der Waals surface area contributed by atoms with Gasteiger partial charge in [0.25, 0.3) is 0 Å². The van der Waals surface area contributed by atoms with Crippen molar-refractivity contribution in [1.29, 1.82) is 0 Å². The van der Waals surface area contributed by atoms with Crippen molar-refractivity contribution in [2.75, 3.05) is 0 Å². The SMILES string of the molecule is Cc1cscc1-n1cnc2cc(C(C)(C)C)c(-c3ccccc3)nc21. The van der Waals surface area contributed by atoms with Gasteiger partial charge in [0.05, 0.1) is 11.4 Å². The molecule has 0 bridgehead atoms. The maximum atomic E-state index is 5.07. The normalized spacial score (nSPS) is 12.0. The molecule has 0 fully saturated rings. The summed E-state index contributed by atoms with van der Waals surface area (Å²) in [4.78, 5) is 9.70. The third kappa shape index (κ3) is 2.76. The Morgan fingerprint density at radius 1 is 1.04 bits per heavy atom. The second-order valence-corrected chi connectivity index (χ2v) is 8.14. The van der Waals surface area contributed by atoms with Crippen molar-refractivity contribution in [2.45, 2.75) is 33.1 Å². The number of rotatable bonds is 2. The highest BCUT2D eigenvalue weighted by atomic mass is 32.1. The number of benzene rings is 1. The lowest BCUT2D eigenvalue weighted by Crippen LogP contribution is -2.14. The van der Waals surface area contributed by atoms with Gasteiger partial charge in [-0.1, -0.05) is 51.1 Å². The highest BCUT2D eigenvalue weighted by Gasteiger charge is 2.22. The molecule has 0 atom stereocenters. The average Bonchev–Trinajstić information content (AvgIpc) is 3.19. The molecular weight excluding hydrogens is 326 g/mol. The van der Waals surface area contributed by atoms with Crippen molar-refractivity contribution in [1.82, 2.24) is 14.5 Å². The van der Waals surface area contributed by atoms with Crippen LogP contribution in [0.4, 0.5) is 0 Å². The van der Waals surface area contributed by atoms with Crippen LogP contribution in [0.3, 0.4) is 0 Å². The fourth-order valence-corrected chi connectivity index (χ4v) is 3.93. The van der Waals surface area contributed by atoms with Crippen LogP contribution in [0.15, 0.2) is 53.5 Å². The van der Waals surface area contributed by atoms with E-state index in [2.05, 4.69) is 78.3 Å². The number of aromatic nitrogens is 3. The van der Waals surface area contributed by atoms with Gasteiger partial charge in [0, 0.05) is 10.9 Å². The Bertz CT molecular complexity index is 1040. The van der Waals surface area contributed by atoms with Gasteiger partial charge < -0.3 is 0 Å². The minimum atomic E-state index is -0.00551. The molecule has 0 aliphatic heterocycles. The van der Waals surface area contributed by atoms with E-state index in [1.165, 1.54) is 11.1 Å². The number of nitrogens with zero attached hydrogens (tertiary/aromatic N) is 3. The maximum absolute atomic E-state index is 5.07. The largest absolute Gasteiger partial charge is 0.282 e. The Balaban J connectivity index is 2.03. The Kier molecular flexibility index (Phi) is 3.73. The summed E-state index contributed by atoms with van der Waals surface area (Å²) in [5.41, 5.74) is 7.64. The van der Waals surface area contributed by atoms with Crippen molar-refractivity contribution < 1.29 is 0 Å². The van der Waals surface area contributed by atoms with Crippen LogP contribution in [-0.4, -0.2) is 14.5 Å². The zero-order valence-electron chi connectivity index (χ0n) is 14.9. The summed E-state index contributed by atoms with van der Waals surface area (Å²) in [6, 6.07) is 12.6. The zero-order chi connectivity index (χ0) is 17.6. The van der Waals surface area contributed by atoms with E-state index in [1.54, 1.807) is 11.3 Å². The molecule has 0 aliphatic rings. The van der Waals surface area contributed by atoms with Crippen molar-refractivity contribution >= 4 is 22.5 Å². The molecule has 0 radical (unpaired) electrons. The van der Waals surface area contributed by atoms with Gasteiger partial charge in [-0.25, -0.2) is 9.97 Å². The maximum Gasteiger partial charge on any atom is 0.165 e. The van der Waals surface area contributed by atoms with Crippen molar-refractivity contribution in [3.63, 3.8) is 0 Å². The van der Waals surface area contributed by atoms with E-state index in [1.807, 2.05) is 12.4 Å². The van der Waals surface area contributed by atoms with Crippen LogP contribution in [0.5, 0.6) is 0 Å². The molecule has 25 heavy (non-hydrogen) atoms. The standard InChI is InChI=1S/C21H21N3S/c1-14-11-25-12-18(14)24-13-22-17-10-16(21(2,3)4)19(23-20(17)24)15-8-6-5-7-9-15/h5-13H,1-4H3. The van der Waals surface area contributed by atoms with Crippen LogP contribution in [-0.2, 0) is 5.41 Å². The number of pyridine rings is 1. The number of imidazole rings is 1. The van der Waals surface area contributed by atoms with Gasteiger partial charge in [-0.2, -0.15) is 0 Å². The third-order valence-electron chi connectivity index (χ3n) is 4.47. The number of hydrogen-bond donors (Lipinski definition) is 0. The van der Waals surface area contributed by atoms with Crippen LogP contribution in [0.25, 0.3) is 28.1 Å². The van der Waals surface area contributed by atoms with E-state index in [-0.39, 0.29) is 5.41 Å². The Labute approximate surface area is 152 Å². The highest BCUT2D eigenvalue weighted by molar-refractivity contribution is 7.08. The highest BCUT2D eigenvalue weighted by Crippen LogP contribution is 2.34. The number of aryl methyl sites for hydroxylation is 1. The molecule has 0 N–H and O–H groups in total. The molecule has 4 rings (SSSR count). The van der Waals surface area contributed by atoms with Crippen molar-refractivity contribution in [3.8, 4) is 16.9 Å². The summed E-state index contributed by atoms with van der Waals surface area (Å²) in [6.45, 7) is 8.80. The van der Waals surface area contributed by atoms with E-state index < -0.39 is 0 Å². The first-order valence-electron chi connectivity index (χ1n) is 8.42.